The first-order valence-electron chi connectivity index (χ1n) is 5.90. The van der Waals surface area contributed by atoms with Crippen LogP contribution in [0, 0.1) is 0 Å². The molecule has 1 aliphatic heterocycles. The Labute approximate surface area is 93.7 Å². The third-order valence-corrected chi connectivity index (χ3v) is 3.80. The molecule has 0 radical (unpaired) electrons. The maximum absolute atomic E-state index is 4.41. The van der Waals surface area contributed by atoms with Crippen LogP contribution in [0.25, 0.3) is 11.0 Å². The van der Waals surface area contributed by atoms with Crippen LogP contribution in [0.4, 0.5) is 11.4 Å². The molecule has 16 heavy (non-hydrogen) atoms. The standard InChI is InChI=1S/C12H14N4/c1-2-8(3-1)16-7-15-10-6-14-12-9(11(10)16)4-5-13-12/h4-6,8,15H,1-3,7H2,(H,13,14). The molecule has 0 spiro atoms. The minimum Gasteiger partial charge on any atom is -0.365 e. The van der Waals surface area contributed by atoms with Gasteiger partial charge in [-0.05, 0) is 25.3 Å². The smallest absolute Gasteiger partial charge is 0.139 e. The van der Waals surface area contributed by atoms with Crippen LogP contribution in [0.1, 0.15) is 19.3 Å². The second-order valence-electron chi connectivity index (χ2n) is 4.65. The van der Waals surface area contributed by atoms with E-state index >= 15 is 0 Å². The molecule has 2 aromatic heterocycles. The number of fused-ring (bicyclic) bond motifs is 3. The molecule has 1 saturated carbocycles. The highest BCUT2D eigenvalue weighted by atomic mass is 15.3. The lowest BCUT2D eigenvalue weighted by molar-refractivity contribution is 0.395. The van der Waals surface area contributed by atoms with Crippen LogP contribution >= 0.6 is 0 Å². The largest absolute Gasteiger partial charge is 0.365 e. The zero-order chi connectivity index (χ0) is 10.5. The Bertz CT molecular complexity index is 541. The van der Waals surface area contributed by atoms with Crippen LogP contribution < -0.4 is 10.2 Å². The fourth-order valence-electron chi connectivity index (χ4n) is 2.69. The van der Waals surface area contributed by atoms with Gasteiger partial charge in [-0.3, -0.25) is 0 Å². The minimum absolute atomic E-state index is 0.731. The lowest BCUT2D eigenvalue weighted by atomic mass is 9.91. The number of hydrogen-bond acceptors (Lipinski definition) is 3. The van der Waals surface area contributed by atoms with Gasteiger partial charge in [0.2, 0.25) is 0 Å². The highest BCUT2D eigenvalue weighted by molar-refractivity contribution is 5.98. The molecule has 82 valence electrons. The Kier molecular flexibility index (Phi) is 1.53. The van der Waals surface area contributed by atoms with Crippen LogP contribution in [-0.4, -0.2) is 22.7 Å². The highest BCUT2D eigenvalue weighted by Crippen LogP contribution is 2.41. The van der Waals surface area contributed by atoms with Crippen LogP contribution in [0.15, 0.2) is 18.5 Å². The van der Waals surface area contributed by atoms with E-state index in [1.165, 1.54) is 36.0 Å². The Morgan fingerprint density at radius 2 is 2.31 bits per heavy atom. The monoisotopic (exact) mass is 214 g/mol. The van der Waals surface area contributed by atoms with Crippen molar-refractivity contribution in [3.8, 4) is 0 Å². The molecule has 2 N–H and O–H groups in total. The van der Waals surface area contributed by atoms with E-state index in [1.807, 2.05) is 12.4 Å². The van der Waals surface area contributed by atoms with Gasteiger partial charge in [-0.1, -0.05) is 0 Å². The Morgan fingerprint density at radius 3 is 3.12 bits per heavy atom. The van der Waals surface area contributed by atoms with Crippen molar-refractivity contribution in [2.24, 2.45) is 0 Å². The van der Waals surface area contributed by atoms with Gasteiger partial charge < -0.3 is 15.2 Å². The van der Waals surface area contributed by atoms with Crippen molar-refractivity contribution in [1.82, 2.24) is 9.97 Å². The molecule has 2 aliphatic rings. The predicted octanol–water partition coefficient (Wildman–Crippen LogP) is 2.30. The number of nitrogens with zero attached hydrogens (tertiary/aromatic N) is 2. The average Bonchev–Trinajstić information content (AvgIpc) is 2.79. The molecular formula is C12H14N4. The van der Waals surface area contributed by atoms with E-state index in [2.05, 4.69) is 26.3 Å². The van der Waals surface area contributed by atoms with Gasteiger partial charge in [-0.2, -0.15) is 0 Å². The number of aromatic nitrogens is 2. The molecule has 0 amide bonds. The summed E-state index contributed by atoms with van der Waals surface area (Å²) in [5.74, 6) is 0. The molecule has 3 heterocycles. The van der Waals surface area contributed by atoms with Gasteiger partial charge >= 0.3 is 0 Å². The van der Waals surface area contributed by atoms with E-state index in [4.69, 9.17) is 0 Å². The van der Waals surface area contributed by atoms with Crippen LogP contribution in [0.5, 0.6) is 0 Å². The van der Waals surface area contributed by atoms with Gasteiger partial charge in [0.05, 0.1) is 24.2 Å². The fourth-order valence-corrected chi connectivity index (χ4v) is 2.69. The summed E-state index contributed by atoms with van der Waals surface area (Å²) >= 11 is 0. The first-order valence-corrected chi connectivity index (χ1v) is 5.90. The summed E-state index contributed by atoms with van der Waals surface area (Å²) in [6.45, 7) is 0.936. The maximum atomic E-state index is 4.41. The van der Waals surface area contributed by atoms with E-state index in [9.17, 15) is 0 Å². The second kappa shape index (κ2) is 2.90. The van der Waals surface area contributed by atoms with Crippen LogP contribution in [0.2, 0.25) is 0 Å². The number of hydrogen-bond donors (Lipinski definition) is 2. The van der Waals surface area contributed by atoms with Gasteiger partial charge in [0.25, 0.3) is 0 Å². The third kappa shape index (κ3) is 0.965. The zero-order valence-corrected chi connectivity index (χ0v) is 9.03. The van der Waals surface area contributed by atoms with Crippen molar-refractivity contribution >= 4 is 22.4 Å². The maximum Gasteiger partial charge on any atom is 0.139 e. The van der Waals surface area contributed by atoms with E-state index in [-0.39, 0.29) is 0 Å². The lowest BCUT2D eigenvalue weighted by Crippen LogP contribution is -2.39. The van der Waals surface area contributed by atoms with E-state index in [0.29, 0.717) is 0 Å². The van der Waals surface area contributed by atoms with Crippen molar-refractivity contribution in [3.05, 3.63) is 18.5 Å². The molecule has 0 bridgehead atoms. The van der Waals surface area contributed by atoms with Crippen molar-refractivity contribution < 1.29 is 0 Å². The van der Waals surface area contributed by atoms with Crippen molar-refractivity contribution in [2.75, 3.05) is 16.9 Å². The van der Waals surface area contributed by atoms with E-state index in [0.717, 1.165) is 18.4 Å². The quantitative estimate of drug-likeness (QED) is 0.765. The number of pyridine rings is 1. The van der Waals surface area contributed by atoms with Gasteiger partial charge in [0.1, 0.15) is 5.65 Å². The van der Waals surface area contributed by atoms with Crippen molar-refractivity contribution in [3.63, 3.8) is 0 Å². The molecule has 4 heteroatoms. The number of nitrogens with one attached hydrogen (secondary N) is 2. The summed E-state index contributed by atoms with van der Waals surface area (Å²) in [5.41, 5.74) is 3.52. The summed E-state index contributed by atoms with van der Waals surface area (Å²) in [4.78, 5) is 10.1. The zero-order valence-electron chi connectivity index (χ0n) is 9.03. The molecule has 1 fully saturated rings. The molecule has 0 unspecified atom stereocenters. The SMILES string of the molecule is c1cc2c3c(cnc2[nH]1)NCN3C1CCC1. The second-order valence-corrected chi connectivity index (χ2v) is 4.65. The fraction of sp³-hybridized carbons (Fsp3) is 0.417. The predicted molar refractivity (Wildman–Crippen MR) is 64.7 cm³/mol. The average molecular weight is 214 g/mol. The summed E-state index contributed by atoms with van der Waals surface area (Å²) in [7, 11) is 0. The molecular weight excluding hydrogens is 200 g/mol. The summed E-state index contributed by atoms with van der Waals surface area (Å²) < 4.78 is 0. The van der Waals surface area contributed by atoms with E-state index < -0.39 is 0 Å². The molecule has 2 aromatic rings. The van der Waals surface area contributed by atoms with Gasteiger partial charge in [0, 0.05) is 17.6 Å². The Hall–Kier alpha value is -1.71. The topological polar surface area (TPSA) is 44.0 Å². The first kappa shape index (κ1) is 8.44. The Morgan fingerprint density at radius 1 is 1.38 bits per heavy atom. The molecule has 1 aliphatic carbocycles. The number of H-pyrrole nitrogens is 1. The normalized spacial score (nSPS) is 19.6. The van der Waals surface area contributed by atoms with Crippen LogP contribution in [-0.2, 0) is 0 Å². The summed E-state index contributed by atoms with van der Waals surface area (Å²) in [5, 5.41) is 4.68. The van der Waals surface area contributed by atoms with Gasteiger partial charge in [-0.15, -0.1) is 0 Å². The van der Waals surface area contributed by atoms with Crippen molar-refractivity contribution in [1.29, 1.82) is 0 Å². The molecule has 4 rings (SSSR count). The Balaban J connectivity index is 1.91. The van der Waals surface area contributed by atoms with Gasteiger partial charge in [0.15, 0.2) is 0 Å². The lowest BCUT2D eigenvalue weighted by Gasteiger charge is -2.36. The third-order valence-electron chi connectivity index (χ3n) is 3.80. The summed E-state index contributed by atoms with van der Waals surface area (Å²) in [6.07, 6.45) is 7.94. The molecule has 0 atom stereocenters. The minimum atomic E-state index is 0.731. The number of rotatable bonds is 1. The van der Waals surface area contributed by atoms with Crippen LogP contribution in [0.3, 0.4) is 0 Å². The van der Waals surface area contributed by atoms with Crippen molar-refractivity contribution in [2.45, 2.75) is 25.3 Å². The highest BCUT2D eigenvalue weighted by Gasteiger charge is 2.31. The summed E-state index contributed by atoms with van der Waals surface area (Å²) in [6, 6.07) is 2.86. The molecule has 0 aromatic carbocycles. The first-order chi connectivity index (χ1) is 7.93. The number of aromatic amines is 1. The number of anilines is 2. The van der Waals surface area contributed by atoms with Gasteiger partial charge in [-0.25, -0.2) is 4.98 Å². The van der Waals surface area contributed by atoms with E-state index in [1.54, 1.807) is 0 Å². The molecule has 4 nitrogen and oxygen atoms in total. The molecule has 0 saturated heterocycles.